The Kier molecular flexibility index (Phi) is 4.58. The summed E-state index contributed by atoms with van der Waals surface area (Å²) in [5, 5.41) is 9.84. The Morgan fingerprint density at radius 2 is 2.07 bits per heavy atom. The van der Waals surface area contributed by atoms with Crippen LogP contribution >= 0.6 is 0 Å². The van der Waals surface area contributed by atoms with E-state index in [2.05, 4.69) is 37.0 Å². The maximum atomic E-state index is 12.2. The third-order valence-electron chi connectivity index (χ3n) is 9.12. The van der Waals surface area contributed by atoms with Gasteiger partial charge in [-0.15, -0.1) is 0 Å². The van der Waals surface area contributed by atoms with Gasteiger partial charge < -0.3 is 5.11 Å². The molecule has 154 valence electrons. The number of rotatable bonds is 3. The maximum absolute atomic E-state index is 12.2. The molecule has 0 saturated heterocycles. The molecule has 0 spiro atoms. The van der Waals surface area contributed by atoms with Gasteiger partial charge in [-0.1, -0.05) is 37.6 Å². The number of pyridine rings is 1. The summed E-state index contributed by atoms with van der Waals surface area (Å²) in [4.78, 5) is 16.6. The van der Waals surface area contributed by atoms with Crippen molar-refractivity contribution in [3.05, 3.63) is 47.8 Å². The first kappa shape index (κ1) is 19.2. The van der Waals surface area contributed by atoms with Crippen LogP contribution in [-0.2, 0) is 4.79 Å². The van der Waals surface area contributed by atoms with Crippen molar-refractivity contribution >= 4 is 11.4 Å². The zero-order chi connectivity index (χ0) is 20.2. The smallest absolute Gasteiger partial charge is 0.136 e. The second-order valence-corrected chi connectivity index (χ2v) is 10.3. The normalized spacial score (nSPS) is 41.1. The molecule has 4 aliphatic carbocycles. The molecule has 0 amide bonds. The van der Waals surface area contributed by atoms with E-state index in [4.69, 9.17) is 0 Å². The van der Waals surface area contributed by atoms with Crippen LogP contribution in [0, 0.1) is 34.5 Å². The molecule has 1 heterocycles. The van der Waals surface area contributed by atoms with Crippen molar-refractivity contribution < 1.29 is 9.90 Å². The average molecular weight is 392 g/mol. The lowest BCUT2D eigenvalue weighted by Crippen LogP contribution is -2.52. The number of aliphatic hydroxyl groups is 1. The van der Waals surface area contributed by atoms with E-state index < -0.39 is 0 Å². The second-order valence-electron chi connectivity index (χ2n) is 10.3. The van der Waals surface area contributed by atoms with Gasteiger partial charge in [0, 0.05) is 31.8 Å². The van der Waals surface area contributed by atoms with E-state index in [0.717, 1.165) is 25.7 Å². The third kappa shape index (κ3) is 2.80. The molecule has 2 saturated carbocycles. The lowest BCUT2D eigenvalue weighted by molar-refractivity contribution is -0.122. The molecule has 4 aliphatic rings. The quantitative estimate of drug-likeness (QED) is 0.719. The van der Waals surface area contributed by atoms with E-state index in [1.54, 1.807) is 0 Å². The highest BCUT2D eigenvalue weighted by Gasteiger charge is 2.58. The van der Waals surface area contributed by atoms with Crippen molar-refractivity contribution in [2.45, 2.75) is 58.8 Å². The minimum absolute atomic E-state index is 0.170. The van der Waals surface area contributed by atoms with Gasteiger partial charge in [0.05, 0.1) is 0 Å². The van der Waals surface area contributed by atoms with E-state index in [-0.39, 0.29) is 17.4 Å². The van der Waals surface area contributed by atoms with Crippen LogP contribution in [0.25, 0.3) is 5.57 Å². The number of hydrogen-bond acceptors (Lipinski definition) is 3. The maximum Gasteiger partial charge on any atom is 0.136 e. The zero-order valence-electron chi connectivity index (χ0n) is 17.7. The van der Waals surface area contributed by atoms with Crippen molar-refractivity contribution in [2.24, 2.45) is 34.5 Å². The zero-order valence-corrected chi connectivity index (χ0v) is 17.7. The van der Waals surface area contributed by atoms with Crippen LogP contribution in [0.4, 0.5) is 0 Å². The first-order chi connectivity index (χ1) is 14.0. The predicted octanol–water partition coefficient (Wildman–Crippen LogP) is 5.22. The molecule has 1 aromatic rings. The van der Waals surface area contributed by atoms with Crippen molar-refractivity contribution in [1.82, 2.24) is 4.98 Å². The number of aliphatic hydroxyl groups excluding tert-OH is 1. The number of carbonyl (C=O) groups excluding carboxylic acids is 1. The van der Waals surface area contributed by atoms with E-state index in [1.165, 1.54) is 29.6 Å². The molecule has 0 aromatic carbocycles. The van der Waals surface area contributed by atoms with Gasteiger partial charge in [0.1, 0.15) is 5.78 Å². The van der Waals surface area contributed by atoms with Crippen molar-refractivity contribution in [3.8, 4) is 0 Å². The summed E-state index contributed by atoms with van der Waals surface area (Å²) in [6, 6.07) is 4.25. The molecule has 1 unspecified atom stereocenters. The number of hydrogen-bond donors (Lipinski definition) is 1. The number of nitrogens with zero attached hydrogens (tertiary/aromatic N) is 1. The van der Waals surface area contributed by atoms with Crippen molar-refractivity contribution in [2.75, 3.05) is 6.61 Å². The second kappa shape index (κ2) is 6.91. The van der Waals surface area contributed by atoms with Gasteiger partial charge in [0.15, 0.2) is 0 Å². The lowest BCUT2D eigenvalue weighted by Gasteiger charge is -2.59. The van der Waals surface area contributed by atoms with Crippen molar-refractivity contribution in [1.29, 1.82) is 0 Å². The number of ketones is 1. The summed E-state index contributed by atoms with van der Waals surface area (Å²) in [6.07, 6.45) is 15.6. The molecule has 1 aromatic heterocycles. The predicted molar refractivity (Wildman–Crippen MR) is 115 cm³/mol. The van der Waals surface area contributed by atoms with Crippen LogP contribution in [0.5, 0.6) is 0 Å². The minimum atomic E-state index is 0.170. The van der Waals surface area contributed by atoms with Crippen LogP contribution in [0.1, 0.15) is 64.4 Å². The molecule has 29 heavy (non-hydrogen) atoms. The third-order valence-corrected chi connectivity index (χ3v) is 9.12. The average Bonchev–Trinajstić information content (AvgIpc) is 3.07. The summed E-state index contributed by atoms with van der Waals surface area (Å²) in [7, 11) is 0. The molecule has 3 nitrogen and oxygen atoms in total. The number of aromatic nitrogens is 1. The molecule has 2 fully saturated rings. The van der Waals surface area contributed by atoms with Gasteiger partial charge in [-0.25, -0.2) is 0 Å². The SMILES string of the molecule is C[C@]12CCC(=O)CC1=CC(CCO)[C@@H]1[C@H]2CC[C@]2(C)C(c3cccnc3)=CC[C@@H]12. The number of carbonyl (C=O) groups is 1. The largest absolute Gasteiger partial charge is 0.396 e. The Hall–Kier alpha value is -1.74. The summed E-state index contributed by atoms with van der Waals surface area (Å²) in [5.74, 6) is 2.63. The summed E-state index contributed by atoms with van der Waals surface area (Å²) in [5.41, 5.74) is 4.50. The van der Waals surface area contributed by atoms with Gasteiger partial charge >= 0.3 is 0 Å². The molecular weight excluding hydrogens is 358 g/mol. The van der Waals surface area contributed by atoms with Crippen LogP contribution < -0.4 is 0 Å². The Morgan fingerprint density at radius 1 is 1.21 bits per heavy atom. The molecular formula is C26H33NO2. The summed E-state index contributed by atoms with van der Waals surface area (Å²) in [6.45, 7) is 5.14. The summed E-state index contributed by atoms with van der Waals surface area (Å²) < 4.78 is 0. The molecule has 0 bridgehead atoms. The van der Waals surface area contributed by atoms with Gasteiger partial charge in [-0.2, -0.15) is 0 Å². The first-order valence-electron chi connectivity index (χ1n) is 11.4. The Balaban J connectivity index is 1.54. The lowest BCUT2D eigenvalue weighted by atomic mass is 9.45. The van der Waals surface area contributed by atoms with E-state index in [0.29, 0.717) is 35.9 Å². The monoisotopic (exact) mass is 391 g/mol. The fourth-order valence-corrected chi connectivity index (χ4v) is 7.61. The van der Waals surface area contributed by atoms with Gasteiger partial charge in [-0.05, 0) is 83.8 Å². The molecule has 5 rings (SSSR count). The van der Waals surface area contributed by atoms with Gasteiger partial charge in [-0.3, -0.25) is 9.78 Å². The van der Waals surface area contributed by atoms with E-state index in [9.17, 15) is 9.90 Å². The number of Topliss-reactive ketones (excluding diaryl/α,β-unsaturated/α-hetero) is 1. The van der Waals surface area contributed by atoms with E-state index in [1.807, 2.05) is 18.5 Å². The minimum Gasteiger partial charge on any atom is -0.396 e. The van der Waals surface area contributed by atoms with Crippen LogP contribution in [0.3, 0.4) is 0 Å². The van der Waals surface area contributed by atoms with Gasteiger partial charge in [0.2, 0.25) is 0 Å². The molecule has 6 atom stereocenters. The topological polar surface area (TPSA) is 50.2 Å². The molecule has 0 aliphatic heterocycles. The Labute approximate surface area is 174 Å². The van der Waals surface area contributed by atoms with E-state index >= 15 is 0 Å². The molecule has 0 radical (unpaired) electrons. The Bertz CT molecular complexity index is 872. The van der Waals surface area contributed by atoms with Crippen LogP contribution in [0.15, 0.2) is 42.3 Å². The highest BCUT2D eigenvalue weighted by atomic mass is 16.3. The highest BCUT2D eigenvalue weighted by Crippen LogP contribution is 2.67. The fraction of sp³-hybridized carbons (Fsp3) is 0.615. The Morgan fingerprint density at radius 3 is 2.83 bits per heavy atom. The van der Waals surface area contributed by atoms with Gasteiger partial charge in [0.25, 0.3) is 0 Å². The first-order valence-corrected chi connectivity index (χ1v) is 11.4. The summed E-state index contributed by atoms with van der Waals surface area (Å²) >= 11 is 0. The van der Waals surface area contributed by atoms with Crippen LogP contribution in [-0.4, -0.2) is 22.5 Å². The number of fused-ring (bicyclic) bond motifs is 5. The number of allylic oxidation sites excluding steroid dienone is 4. The fourth-order valence-electron chi connectivity index (χ4n) is 7.61. The van der Waals surface area contributed by atoms with Crippen molar-refractivity contribution in [3.63, 3.8) is 0 Å². The molecule has 3 heteroatoms. The standard InChI is InChI=1S/C26H33NO2/c1-25-10-7-20(29)15-19(25)14-17(9-13-28)24-22-6-5-21(18-4-3-12-27-16-18)26(22,2)11-8-23(24)25/h3-5,12,14,16-17,22-24,28H,6-11,13,15H2,1-2H3/t17?,22-,23+,24-,25-,26+/m0/s1. The highest BCUT2D eigenvalue weighted by molar-refractivity contribution is 5.82. The van der Waals surface area contributed by atoms with Crippen LogP contribution in [0.2, 0.25) is 0 Å². The molecule has 1 N–H and O–H groups in total.